The van der Waals surface area contributed by atoms with E-state index in [4.69, 9.17) is 0 Å². The molecule has 0 aliphatic rings. The minimum atomic E-state index is -2.79. The number of hydrogen-bond acceptors (Lipinski definition) is 0. The normalized spacial score (nSPS) is 11.8. The predicted molar refractivity (Wildman–Crippen MR) is 270 cm³/mol. The van der Waals surface area contributed by atoms with Crippen molar-refractivity contribution in [2.75, 3.05) is 0 Å². The van der Waals surface area contributed by atoms with E-state index in [0.29, 0.717) is 0 Å². The maximum Gasteiger partial charge on any atom is 0.179 e. The minimum Gasteiger partial charge on any atom is -0.309 e. The molecule has 0 atom stereocenters. The van der Waals surface area contributed by atoms with Gasteiger partial charge in [0.2, 0.25) is 0 Å². The van der Waals surface area contributed by atoms with Crippen LogP contribution in [0.4, 0.5) is 0 Å². The molecule has 63 heavy (non-hydrogen) atoms. The first kappa shape index (κ1) is 36.8. The van der Waals surface area contributed by atoms with Crippen LogP contribution in [0.3, 0.4) is 0 Å². The van der Waals surface area contributed by atoms with Gasteiger partial charge in [0.05, 0.1) is 22.1 Å². The molecule has 0 saturated carbocycles. The van der Waals surface area contributed by atoms with E-state index in [0.717, 1.165) is 11.4 Å². The highest BCUT2D eigenvalue weighted by molar-refractivity contribution is 7.20. The third-order valence-electron chi connectivity index (χ3n) is 13.1. The monoisotopic (exact) mass is 818 g/mol. The van der Waals surface area contributed by atoms with Crippen LogP contribution in [0.25, 0.3) is 77.2 Å². The molecule has 0 saturated heterocycles. The summed E-state index contributed by atoms with van der Waals surface area (Å²) in [7, 11) is -2.79. The van der Waals surface area contributed by atoms with Gasteiger partial charge in [0.15, 0.2) is 8.07 Å². The van der Waals surface area contributed by atoms with Crippen molar-refractivity contribution in [2.45, 2.75) is 0 Å². The van der Waals surface area contributed by atoms with Crippen LogP contribution >= 0.6 is 0 Å². The average Bonchev–Trinajstić information content (AvgIpc) is 3.88. The van der Waals surface area contributed by atoms with Gasteiger partial charge in [-0.3, -0.25) is 0 Å². The second-order valence-corrected chi connectivity index (χ2v) is 20.3. The van der Waals surface area contributed by atoms with Crippen molar-refractivity contribution in [3.8, 4) is 33.6 Å². The van der Waals surface area contributed by atoms with Gasteiger partial charge in [0, 0.05) is 32.9 Å². The van der Waals surface area contributed by atoms with Crippen molar-refractivity contribution >= 4 is 72.4 Å². The second-order valence-electron chi connectivity index (χ2n) is 16.4. The Morgan fingerprint density at radius 1 is 0.254 bits per heavy atom. The maximum absolute atomic E-state index is 2.79. The molecule has 2 aromatic heterocycles. The Bertz CT molecular complexity index is 3480. The molecule has 12 rings (SSSR count). The van der Waals surface area contributed by atoms with Crippen molar-refractivity contribution < 1.29 is 0 Å². The molecule has 0 N–H and O–H groups in total. The smallest absolute Gasteiger partial charge is 0.179 e. The molecule has 0 aliphatic carbocycles. The summed E-state index contributed by atoms with van der Waals surface area (Å²) in [6.07, 6.45) is 0. The zero-order valence-corrected chi connectivity index (χ0v) is 35.6. The van der Waals surface area contributed by atoms with Crippen LogP contribution in [-0.2, 0) is 0 Å². The van der Waals surface area contributed by atoms with Gasteiger partial charge < -0.3 is 9.13 Å². The number of aromatic nitrogens is 2. The second kappa shape index (κ2) is 15.2. The van der Waals surface area contributed by atoms with Crippen molar-refractivity contribution in [1.82, 2.24) is 9.13 Å². The fraction of sp³-hybridized carbons (Fsp3) is 0. The molecular formula is C60H42N2Si. The predicted octanol–water partition coefficient (Wildman–Crippen LogP) is 12.6. The number of benzene rings is 10. The number of para-hydroxylation sites is 1. The van der Waals surface area contributed by atoms with Crippen molar-refractivity contribution in [3.05, 3.63) is 255 Å². The number of nitrogens with zero attached hydrogens (tertiary/aromatic N) is 2. The summed E-state index contributed by atoms with van der Waals surface area (Å²) < 4.78 is 4.95. The van der Waals surface area contributed by atoms with Crippen LogP contribution in [0.15, 0.2) is 255 Å². The van der Waals surface area contributed by atoms with E-state index in [-0.39, 0.29) is 0 Å². The number of fused-ring (bicyclic) bond motifs is 6. The van der Waals surface area contributed by atoms with Gasteiger partial charge in [-0.25, -0.2) is 0 Å². The zero-order valence-electron chi connectivity index (χ0n) is 34.6. The van der Waals surface area contributed by atoms with Gasteiger partial charge in [-0.15, -0.1) is 0 Å². The molecule has 0 fully saturated rings. The van der Waals surface area contributed by atoms with Gasteiger partial charge in [0.25, 0.3) is 0 Å². The van der Waals surface area contributed by atoms with Gasteiger partial charge in [-0.05, 0) is 91.5 Å². The SMILES string of the molecule is c1ccc(-c2ccc(-n3c4ccc(-n5c6ccccc6c6ccc([Si](c7ccccc7)(c7ccccc7)c7ccccc7)cc65)cc4c4c(-c5ccccc5)cccc43)cc2)cc1. The molecule has 0 unspecified atom stereocenters. The zero-order chi connectivity index (χ0) is 41.7. The Labute approximate surface area is 368 Å². The molecule has 10 aromatic carbocycles. The molecule has 0 bridgehead atoms. The molecule has 3 heteroatoms. The van der Waals surface area contributed by atoms with Gasteiger partial charge in [-0.1, -0.05) is 206 Å². The molecule has 0 amide bonds. The highest BCUT2D eigenvalue weighted by Gasteiger charge is 2.41. The van der Waals surface area contributed by atoms with E-state index < -0.39 is 8.07 Å². The van der Waals surface area contributed by atoms with E-state index in [1.807, 2.05) is 0 Å². The summed E-state index contributed by atoms with van der Waals surface area (Å²) in [6.45, 7) is 0. The Hall–Kier alpha value is -7.98. The van der Waals surface area contributed by atoms with Gasteiger partial charge in [-0.2, -0.15) is 0 Å². The lowest BCUT2D eigenvalue weighted by atomic mass is 9.99. The van der Waals surface area contributed by atoms with Crippen molar-refractivity contribution in [1.29, 1.82) is 0 Å². The first-order valence-electron chi connectivity index (χ1n) is 21.8. The Morgan fingerprint density at radius 2 is 0.730 bits per heavy atom. The Morgan fingerprint density at radius 3 is 1.37 bits per heavy atom. The third kappa shape index (κ3) is 5.93. The topological polar surface area (TPSA) is 9.86 Å². The quantitative estimate of drug-likeness (QED) is 0.107. The highest BCUT2D eigenvalue weighted by Crippen LogP contribution is 2.41. The number of rotatable bonds is 8. The lowest BCUT2D eigenvalue weighted by molar-refractivity contribution is 1.17. The molecular weight excluding hydrogens is 777 g/mol. The minimum absolute atomic E-state index is 1.14. The molecule has 0 radical (unpaired) electrons. The molecule has 2 nitrogen and oxygen atoms in total. The molecule has 2 heterocycles. The standard InChI is InChI=1S/C60H42N2Si/c1-6-19-43(20-7-1)44-33-35-46(36-34-44)61-57-40-37-47(41-55(57)60-52(30-18-32-58(60)61)45-21-8-2-9-22-45)62-56-31-17-16-29-53(56)54-39-38-51(42-59(54)62)63(48-23-10-3-11-24-48,49-25-12-4-13-26-49)50-27-14-5-15-28-50/h1-42H. The first-order valence-corrected chi connectivity index (χ1v) is 23.8. The van der Waals surface area contributed by atoms with Crippen LogP contribution in [0.1, 0.15) is 0 Å². The summed E-state index contributed by atoms with van der Waals surface area (Å²) in [5, 5.41) is 10.4. The highest BCUT2D eigenvalue weighted by atomic mass is 28.3. The largest absolute Gasteiger partial charge is 0.309 e. The van der Waals surface area contributed by atoms with Gasteiger partial charge in [0.1, 0.15) is 0 Å². The summed E-state index contributed by atoms with van der Waals surface area (Å²) in [4.78, 5) is 0. The van der Waals surface area contributed by atoms with Crippen LogP contribution in [0.5, 0.6) is 0 Å². The third-order valence-corrected chi connectivity index (χ3v) is 17.9. The van der Waals surface area contributed by atoms with Crippen molar-refractivity contribution in [2.24, 2.45) is 0 Å². The van der Waals surface area contributed by atoms with E-state index in [1.54, 1.807) is 0 Å². The Kier molecular flexibility index (Phi) is 8.87. The average molecular weight is 819 g/mol. The molecule has 296 valence electrons. The van der Waals surface area contributed by atoms with E-state index >= 15 is 0 Å². The summed E-state index contributed by atoms with van der Waals surface area (Å²) >= 11 is 0. The lowest BCUT2D eigenvalue weighted by Gasteiger charge is -2.34. The van der Waals surface area contributed by atoms with Crippen molar-refractivity contribution in [3.63, 3.8) is 0 Å². The van der Waals surface area contributed by atoms with E-state index in [1.165, 1.54) is 86.6 Å². The number of hydrogen-bond donors (Lipinski definition) is 0. The Balaban J connectivity index is 1.14. The summed E-state index contributed by atoms with van der Waals surface area (Å²) in [6, 6.07) is 94.2. The van der Waals surface area contributed by atoms with E-state index in [9.17, 15) is 0 Å². The first-order chi connectivity index (χ1) is 31.3. The maximum atomic E-state index is 2.52. The summed E-state index contributed by atoms with van der Waals surface area (Å²) in [5.41, 5.74) is 11.9. The fourth-order valence-corrected chi connectivity index (χ4v) is 15.1. The van der Waals surface area contributed by atoms with E-state index in [2.05, 4.69) is 264 Å². The summed E-state index contributed by atoms with van der Waals surface area (Å²) in [5.74, 6) is 0. The van der Waals surface area contributed by atoms with Crippen LogP contribution in [0, 0.1) is 0 Å². The van der Waals surface area contributed by atoms with Crippen LogP contribution in [-0.4, -0.2) is 17.2 Å². The molecule has 0 aliphatic heterocycles. The van der Waals surface area contributed by atoms with Gasteiger partial charge >= 0.3 is 0 Å². The van der Waals surface area contributed by atoms with Crippen LogP contribution in [0.2, 0.25) is 0 Å². The van der Waals surface area contributed by atoms with Crippen LogP contribution < -0.4 is 20.7 Å². The molecule has 12 aromatic rings. The fourth-order valence-electron chi connectivity index (χ4n) is 10.3. The lowest BCUT2D eigenvalue weighted by Crippen LogP contribution is -2.74. The molecule has 0 spiro atoms.